The average Bonchev–Trinajstić information content (AvgIpc) is 2.46. The normalized spacial score (nSPS) is 10.7. The molecule has 2 aromatic rings. The molecule has 1 aromatic heterocycles. The van der Waals surface area contributed by atoms with Gasteiger partial charge in [-0.15, -0.1) is 0 Å². The summed E-state index contributed by atoms with van der Waals surface area (Å²) in [6.07, 6.45) is 0. The van der Waals surface area contributed by atoms with Crippen LogP contribution in [0.2, 0.25) is 0 Å². The molecule has 0 aliphatic carbocycles. The van der Waals surface area contributed by atoms with Crippen LogP contribution >= 0.6 is 0 Å². The topological polar surface area (TPSA) is 22.4 Å². The molecule has 0 N–H and O–H groups in total. The fraction of sp³-hybridized carbons (Fsp3) is 0.273. The van der Waals surface area contributed by atoms with Crippen LogP contribution in [0.25, 0.3) is 11.0 Å². The molecule has 0 radical (unpaired) electrons. The number of aryl methyl sites for hydroxylation is 2. The Hall–Kier alpha value is -1.44. The van der Waals surface area contributed by atoms with E-state index in [9.17, 15) is 0 Å². The number of furan rings is 1. The summed E-state index contributed by atoms with van der Waals surface area (Å²) in [5.74, 6) is 1.78. The molecule has 2 rings (SSSR count). The minimum absolute atomic E-state index is 0.847. The molecule has 0 bridgehead atoms. The Labute approximate surface area is 77.1 Å². The number of ether oxygens (including phenoxy) is 1. The molecule has 0 atom stereocenters. The van der Waals surface area contributed by atoms with Crippen molar-refractivity contribution in [1.29, 1.82) is 0 Å². The predicted octanol–water partition coefficient (Wildman–Crippen LogP) is 3.06. The molecule has 0 fully saturated rings. The van der Waals surface area contributed by atoms with Crippen molar-refractivity contribution in [3.05, 3.63) is 29.5 Å². The zero-order chi connectivity index (χ0) is 9.42. The summed E-state index contributed by atoms with van der Waals surface area (Å²) in [7, 11) is 1.66. The lowest BCUT2D eigenvalue weighted by Crippen LogP contribution is -1.83. The van der Waals surface area contributed by atoms with Crippen molar-refractivity contribution in [2.24, 2.45) is 0 Å². The maximum atomic E-state index is 5.51. The van der Waals surface area contributed by atoms with Gasteiger partial charge in [0, 0.05) is 11.5 Å². The molecule has 0 aliphatic rings. The molecule has 2 heteroatoms. The molecule has 1 heterocycles. The highest BCUT2D eigenvalue weighted by atomic mass is 16.5. The number of methoxy groups -OCH3 is 1. The second-order valence-electron chi connectivity index (χ2n) is 3.21. The lowest BCUT2D eigenvalue weighted by Gasteiger charge is -2.00. The van der Waals surface area contributed by atoms with Gasteiger partial charge in [0.2, 0.25) is 0 Å². The fourth-order valence-electron chi connectivity index (χ4n) is 1.53. The standard InChI is InChI=1S/C11H12O2/c1-7-4-9(12-3)6-11-10(7)5-8(2)13-11/h4-6H,1-3H3. The minimum Gasteiger partial charge on any atom is -0.497 e. The Kier molecular flexibility index (Phi) is 1.76. The molecule has 0 saturated carbocycles. The third-order valence-corrected chi connectivity index (χ3v) is 2.18. The van der Waals surface area contributed by atoms with E-state index < -0.39 is 0 Å². The van der Waals surface area contributed by atoms with E-state index in [2.05, 4.69) is 6.92 Å². The molecule has 0 spiro atoms. The lowest BCUT2D eigenvalue weighted by atomic mass is 10.1. The first-order valence-corrected chi connectivity index (χ1v) is 4.25. The molecule has 1 aromatic carbocycles. The van der Waals surface area contributed by atoms with Crippen molar-refractivity contribution in [1.82, 2.24) is 0 Å². The Morgan fingerprint density at radius 3 is 2.62 bits per heavy atom. The molecular formula is C11H12O2. The van der Waals surface area contributed by atoms with Crippen molar-refractivity contribution in [3.8, 4) is 5.75 Å². The van der Waals surface area contributed by atoms with Crippen LogP contribution in [-0.4, -0.2) is 7.11 Å². The average molecular weight is 176 g/mol. The Morgan fingerprint density at radius 2 is 1.92 bits per heavy atom. The number of rotatable bonds is 1. The summed E-state index contributed by atoms with van der Waals surface area (Å²) >= 11 is 0. The smallest absolute Gasteiger partial charge is 0.138 e. The maximum absolute atomic E-state index is 5.51. The third kappa shape index (κ3) is 1.28. The molecule has 0 unspecified atom stereocenters. The van der Waals surface area contributed by atoms with Gasteiger partial charge < -0.3 is 9.15 Å². The van der Waals surface area contributed by atoms with E-state index in [0.29, 0.717) is 0 Å². The largest absolute Gasteiger partial charge is 0.497 e. The summed E-state index contributed by atoms with van der Waals surface area (Å²) in [4.78, 5) is 0. The van der Waals surface area contributed by atoms with Gasteiger partial charge in [-0.3, -0.25) is 0 Å². The van der Waals surface area contributed by atoms with E-state index in [0.717, 1.165) is 17.1 Å². The second kappa shape index (κ2) is 2.80. The summed E-state index contributed by atoms with van der Waals surface area (Å²) in [5.41, 5.74) is 2.08. The summed E-state index contributed by atoms with van der Waals surface area (Å²) in [5, 5.41) is 1.17. The van der Waals surface area contributed by atoms with Gasteiger partial charge >= 0.3 is 0 Å². The van der Waals surface area contributed by atoms with Crippen molar-refractivity contribution >= 4 is 11.0 Å². The molecule has 68 valence electrons. The van der Waals surface area contributed by atoms with Gasteiger partial charge in [-0.25, -0.2) is 0 Å². The third-order valence-electron chi connectivity index (χ3n) is 2.18. The van der Waals surface area contributed by atoms with E-state index in [4.69, 9.17) is 9.15 Å². The van der Waals surface area contributed by atoms with Crippen LogP contribution in [0, 0.1) is 13.8 Å². The highest BCUT2D eigenvalue weighted by molar-refractivity contribution is 5.83. The van der Waals surface area contributed by atoms with Gasteiger partial charge in [-0.05, 0) is 31.5 Å². The van der Waals surface area contributed by atoms with Gasteiger partial charge in [0.15, 0.2) is 0 Å². The number of hydrogen-bond donors (Lipinski definition) is 0. The monoisotopic (exact) mass is 176 g/mol. The van der Waals surface area contributed by atoms with Crippen LogP contribution < -0.4 is 4.74 Å². The lowest BCUT2D eigenvalue weighted by molar-refractivity contribution is 0.414. The van der Waals surface area contributed by atoms with Crippen molar-refractivity contribution in [2.45, 2.75) is 13.8 Å². The Balaban J connectivity index is 2.75. The van der Waals surface area contributed by atoms with Gasteiger partial charge in [0.25, 0.3) is 0 Å². The first kappa shape index (κ1) is 8.17. The quantitative estimate of drug-likeness (QED) is 0.666. The molecule has 13 heavy (non-hydrogen) atoms. The van der Waals surface area contributed by atoms with Gasteiger partial charge in [-0.2, -0.15) is 0 Å². The maximum Gasteiger partial charge on any atom is 0.138 e. The summed E-state index contributed by atoms with van der Waals surface area (Å²) in [6, 6.07) is 5.97. The zero-order valence-electron chi connectivity index (χ0n) is 8.05. The van der Waals surface area contributed by atoms with E-state index in [1.54, 1.807) is 7.11 Å². The highest BCUT2D eigenvalue weighted by Gasteiger charge is 2.05. The molecule has 0 amide bonds. The van der Waals surface area contributed by atoms with Crippen LogP contribution in [0.1, 0.15) is 11.3 Å². The Morgan fingerprint density at radius 1 is 1.15 bits per heavy atom. The minimum atomic E-state index is 0.847. The van der Waals surface area contributed by atoms with Crippen LogP contribution in [-0.2, 0) is 0 Å². The van der Waals surface area contributed by atoms with Crippen LogP contribution in [0.4, 0.5) is 0 Å². The number of hydrogen-bond acceptors (Lipinski definition) is 2. The van der Waals surface area contributed by atoms with Gasteiger partial charge in [-0.1, -0.05) is 0 Å². The highest BCUT2D eigenvalue weighted by Crippen LogP contribution is 2.27. The van der Waals surface area contributed by atoms with E-state index in [1.807, 2.05) is 25.1 Å². The first-order chi connectivity index (χ1) is 6.20. The van der Waals surface area contributed by atoms with Crippen LogP contribution in [0.5, 0.6) is 5.75 Å². The molecule has 2 nitrogen and oxygen atoms in total. The predicted molar refractivity (Wildman–Crippen MR) is 52.2 cm³/mol. The number of benzene rings is 1. The SMILES string of the molecule is COc1cc(C)c2cc(C)oc2c1. The van der Waals surface area contributed by atoms with Crippen LogP contribution in [0.15, 0.2) is 22.6 Å². The van der Waals surface area contributed by atoms with E-state index >= 15 is 0 Å². The van der Waals surface area contributed by atoms with Gasteiger partial charge in [0.1, 0.15) is 17.1 Å². The first-order valence-electron chi connectivity index (χ1n) is 4.25. The van der Waals surface area contributed by atoms with E-state index in [1.165, 1.54) is 10.9 Å². The van der Waals surface area contributed by atoms with E-state index in [-0.39, 0.29) is 0 Å². The van der Waals surface area contributed by atoms with Crippen molar-refractivity contribution in [3.63, 3.8) is 0 Å². The van der Waals surface area contributed by atoms with Gasteiger partial charge in [0.05, 0.1) is 7.11 Å². The molecule has 0 aliphatic heterocycles. The molecule has 0 saturated heterocycles. The van der Waals surface area contributed by atoms with Crippen molar-refractivity contribution < 1.29 is 9.15 Å². The van der Waals surface area contributed by atoms with Crippen molar-refractivity contribution in [2.75, 3.05) is 7.11 Å². The molecular weight excluding hydrogens is 164 g/mol. The number of fused-ring (bicyclic) bond motifs is 1. The fourth-order valence-corrected chi connectivity index (χ4v) is 1.53. The second-order valence-corrected chi connectivity index (χ2v) is 3.21. The summed E-state index contributed by atoms with van der Waals surface area (Å²) < 4.78 is 10.7. The summed E-state index contributed by atoms with van der Waals surface area (Å²) in [6.45, 7) is 4.01. The zero-order valence-corrected chi connectivity index (χ0v) is 8.05. The Bertz CT molecular complexity index is 441. The van der Waals surface area contributed by atoms with Crippen LogP contribution in [0.3, 0.4) is 0 Å².